The van der Waals surface area contributed by atoms with Gasteiger partial charge in [0.15, 0.2) is 11.4 Å². The molecule has 0 bridgehead atoms. The van der Waals surface area contributed by atoms with Gasteiger partial charge in [-0.1, -0.05) is 17.3 Å². The summed E-state index contributed by atoms with van der Waals surface area (Å²) in [6.07, 6.45) is 4.40. The lowest BCUT2D eigenvalue weighted by Crippen LogP contribution is -2.06. The molecule has 0 fully saturated rings. The average molecular weight is 228 g/mol. The van der Waals surface area contributed by atoms with E-state index in [-0.39, 0.29) is 0 Å². The Morgan fingerprint density at radius 2 is 2.24 bits per heavy atom. The van der Waals surface area contributed by atoms with Gasteiger partial charge in [-0.2, -0.15) is 0 Å². The third kappa shape index (κ3) is 1.99. The Morgan fingerprint density at radius 1 is 1.29 bits per heavy atom. The van der Waals surface area contributed by atoms with E-state index >= 15 is 0 Å². The summed E-state index contributed by atoms with van der Waals surface area (Å²) >= 11 is 0. The Kier molecular flexibility index (Phi) is 2.50. The van der Waals surface area contributed by atoms with Crippen LogP contribution in [0.1, 0.15) is 5.82 Å². The van der Waals surface area contributed by atoms with Crippen molar-refractivity contribution in [3.05, 3.63) is 42.5 Å². The van der Waals surface area contributed by atoms with E-state index in [4.69, 9.17) is 4.52 Å². The fourth-order valence-corrected chi connectivity index (χ4v) is 1.75. The van der Waals surface area contributed by atoms with Crippen molar-refractivity contribution in [3.8, 4) is 0 Å². The lowest BCUT2D eigenvalue weighted by Gasteiger charge is -2.00. The number of H-pyrrole nitrogens is 1. The molecular formula is C12H12N4O. The number of aromatic amines is 1. The molecule has 0 amide bonds. The summed E-state index contributed by atoms with van der Waals surface area (Å²) in [5.74, 6) is 1.75. The van der Waals surface area contributed by atoms with Crippen LogP contribution in [-0.2, 0) is 6.42 Å². The van der Waals surface area contributed by atoms with E-state index < -0.39 is 0 Å². The molecule has 0 aliphatic carbocycles. The number of nitrogens with zero attached hydrogens (tertiary/aromatic N) is 2. The molecule has 0 spiro atoms. The van der Waals surface area contributed by atoms with E-state index in [9.17, 15) is 0 Å². The van der Waals surface area contributed by atoms with Crippen molar-refractivity contribution in [2.24, 2.45) is 0 Å². The first-order valence-corrected chi connectivity index (χ1v) is 5.50. The van der Waals surface area contributed by atoms with Gasteiger partial charge in [0.25, 0.3) is 0 Å². The van der Waals surface area contributed by atoms with E-state index in [1.807, 2.05) is 30.5 Å². The first kappa shape index (κ1) is 9.89. The zero-order valence-electron chi connectivity index (χ0n) is 9.18. The van der Waals surface area contributed by atoms with E-state index in [2.05, 4.69) is 20.4 Å². The molecule has 17 heavy (non-hydrogen) atoms. The SMILES string of the molecule is c1ccc2c(NCCc3ncc[nH]3)noc2c1. The fraction of sp³-hybridized carbons (Fsp3) is 0.167. The van der Waals surface area contributed by atoms with Crippen molar-refractivity contribution in [3.63, 3.8) is 0 Å². The Balaban J connectivity index is 1.69. The molecule has 0 atom stereocenters. The second-order valence-corrected chi connectivity index (χ2v) is 3.74. The maximum Gasteiger partial charge on any atom is 0.177 e. The van der Waals surface area contributed by atoms with Crippen LogP contribution >= 0.6 is 0 Å². The molecule has 0 radical (unpaired) electrons. The highest BCUT2D eigenvalue weighted by atomic mass is 16.5. The number of benzene rings is 1. The summed E-state index contributed by atoms with van der Waals surface area (Å²) in [5.41, 5.74) is 0.799. The van der Waals surface area contributed by atoms with Crippen molar-refractivity contribution < 1.29 is 4.52 Å². The maximum absolute atomic E-state index is 5.20. The van der Waals surface area contributed by atoms with E-state index in [1.165, 1.54) is 0 Å². The zero-order valence-corrected chi connectivity index (χ0v) is 9.18. The lowest BCUT2D eigenvalue weighted by atomic mass is 10.2. The van der Waals surface area contributed by atoms with Crippen LogP contribution in [0.3, 0.4) is 0 Å². The van der Waals surface area contributed by atoms with Crippen LogP contribution in [-0.4, -0.2) is 21.7 Å². The van der Waals surface area contributed by atoms with Gasteiger partial charge < -0.3 is 14.8 Å². The standard InChI is InChI=1S/C12H12N4O/c1-2-4-10-9(3-1)12(16-17-10)15-6-5-11-13-7-8-14-11/h1-4,7-8H,5-6H2,(H,13,14)(H,15,16). The minimum Gasteiger partial charge on any atom is -0.366 e. The van der Waals surface area contributed by atoms with Gasteiger partial charge in [-0.3, -0.25) is 0 Å². The molecule has 86 valence electrons. The van der Waals surface area contributed by atoms with Crippen molar-refractivity contribution >= 4 is 16.8 Å². The van der Waals surface area contributed by atoms with Crippen LogP contribution in [0.4, 0.5) is 5.82 Å². The largest absolute Gasteiger partial charge is 0.366 e. The minimum atomic E-state index is 0.768. The quantitative estimate of drug-likeness (QED) is 0.718. The monoisotopic (exact) mass is 228 g/mol. The van der Waals surface area contributed by atoms with Gasteiger partial charge >= 0.3 is 0 Å². The predicted octanol–water partition coefficient (Wildman–Crippen LogP) is 2.21. The van der Waals surface area contributed by atoms with Crippen LogP contribution in [0.2, 0.25) is 0 Å². The smallest absolute Gasteiger partial charge is 0.177 e. The zero-order chi connectivity index (χ0) is 11.5. The van der Waals surface area contributed by atoms with Gasteiger partial charge in [-0.25, -0.2) is 4.98 Å². The normalized spacial score (nSPS) is 10.8. The van der Waals surface area contributed by atoms with Gasteiger partial charge in [0.05, 0.1) is 5.39 Å². The molecule has 5 nitrogen and oxygen atoms in total. The van der Waals surface area contributed by atoms with Gasteiger partial charge in [0.1, 0.15) is 5.82 Å². The van der Waals surface area contributed by atoms with E-state index in [0.29, 0.717) is 0 Å². The molecule has 0 unspecified atom stereocenters. The number of hydrogen-bond donors (Lipinski definition) is 2. The maximum atomic E-state index is 5.20. The number of imidazole rings is 1. The average Bonchev–Trinajstić information content (AvgIpc) is 2.99. The summed E-state index contributed by atoms with van der Waals surface area (Å²) in [5, 5.41) is 8.24. The van der Waals surface area contributed by atoms with Gasteiger partial charge in [-0.15, -0.1) is 0 Å². The highest BCUT2D eigenvalue weighted by Gasteiger charge is 2.06. The summed E-state index contributed by atoms with van der Waals surface area (Å²) in [7, 11) is 0. The number of rotatable bonds is 4. The first-order chi connectivity index (χ1) is 8.43. The molecule has 0 aliphatic rings. The molecule has 1 aromatic carbocycles. The fourth-order valence-electron chi connectivity index (χ4n) is 1.75. The van der Waals surface area contributed by atoms with E-state index in [0.717, 1.165) is 35.6 Å². The predicted molar refractivity (Wildman–Crippen MR) is 64.8 cm³/mol. The second kappa shape index (κ2) is 4.29. The van der Waals surface area contributed by atoms with Crippen molar-refractivity contribution in [2.45, 2.75) is 6.42 Å². The molecule has 2 heterocycles. The Labute approximate surface area is 97.8 Å². The summed E-state index contributed by atoms with van der Waals surface area (Å²) < 4.78 is 5.20. The van der Waals surface area contributed by atoms with Crippen molar-refractivity contribution in [2.75, 3.05) is 11.9 Å². The summed E-state index contributed by atoms with van der Waals surface area (Å²) in [6, 6.07) is 7.79. The number of aromatic nitrogens is 3. The summed E-state index contributed by atoms with van der Waals surface area (Å²) in [4.78, 5) is 7.22. The second-order valence-electron chi connectivity index (χ2n) is 3.74. The molecule has 5 heteroatoms. The van der Waals surface area contributed by atoms with E-state index in [1.54, 1.807) is 6.20 Å². The van der Waals surface area contributed by atoms with Gasteiger partial charge in [-0.05, 0) is 12.1 Å². The molecule has 0 saturated carbocycles. The topological polar surface area (TPSA) is 66.7 Å². The number of nitrogens with one attached hydrogen (secondary N) is 2. The number of fused-ring (bicyclic) bond motifs is 1. The molecule has 0 saturated heterocycles. The Bertz CT molecular complexity index is 600. The van der Waals surface area contributed by atoms with Crippen LogP contribution in [0.15, 0.2) is 41.2 Å². The number of anilines is 1. The molecular weight excluding hydrogens is 216 g/mol. The molecule has 3 rings (SSSR count). The third-order valence-electron chi connectivity index (χ3n) is 2.59. The highest BCUT2D eigenvalue weighted by molar-refractivity contribution is 5.87. The Morgan fingerprint density at radius 3 is 3.12 bits per heavy atom. The van der Waals surface area contributed by atoms with Gasteiger partial charge in [0.2, 0.25) is 0 Å². The van der Waals surface area contributed by atoms with Crippen LogP contribution in [0, 0.1) is 0 Å². The first-order valence-electron chi connectivity index (χ1n) is 5.50. The molecule has 3 aromatic rings. The molecule has 2 N–H and O–H groups in total. The number of hydrogen-bond acceptors (Lipinski definition) is 4. The van der Waals surface area contributed by atoms with Crippen molar-refractivity contribution in [1.29, 1.82) is 0 Å². The third-order valence-corrected chi connectivity index (χ3v) is 2.59. The summed E-state index contributed by atoms with van der Waals surface area (Å²) in [6.45, 7) is 0.768. The number of para-hydroxylation sites is 1. The van der Waals surface area contributed by atoms with Crippen LogP contribution < -0.4 is 5.32 Å². The molecule has 0 aliphatic heterocycles. The van der Waals surface area contributed by atoms with Gasteiger partial charge in [0, 0.05) is 25.4 Å². The highest BCUT2D eigenvalue weighted by Crippen LogP contribution is 2.21. The lowest BCUT2D eigenvalue weighted by molar-refractivity contribution is 0.459. The van der Waals surface area contributed by atoms with Crippen LogP contribution in [0.5, 0.6) is 0 Å². The Hall–Kier alpha value is -2.30. The molecule has 2 aromatic heterocycles. The van der Waals surface area contributed by atoms with Crippen LogP contribution in [0.25, 0.3) is 11.0 Å². The van der Waals surface area contributed by atoms with Crippen molar-refractivity contribution in [1.82, 2.24) is 15.1 Å². The minimum absolute atomic E-state index is 0.768.